The first-order valence-electron chi connectivity index (χ1n) is 8.94. The first-order valence-corrected chi connectivity index (χ1v) is 10.3. The Morgan fingerprint density at radius 1 is 0.970 bits per heavy atom. The Balaban J connectivity index is -0.00000450. The Kier molecular flexibility index (Phi) is 16.3. The van der Waals surface area contributed by atoms with E-state index in [9.17, 15) is 59.0 Å². The molecule has 0 bridgehead atoms. The number of alkyl halides is 7. The van der Waals surface area contributed by atoms with Crippen molar-refractivity contribution in [3.05, 3.63) is 0 Å². The number of aliphatic carboxylic acids is 2. The van der Waals surface area contributed by atoms with Crippen molar-refractivity contribution in [3.63, 3.8) is 0 Å². The van der Waals surface area contributed by atoms with Crippen LogP contribution in [0.3, 0.4) is 0 Å². The minimum Gasteiger partial charge on any atom is -0.550 e. The molecule has 17 heteroatoms. The summed E-state index contributed by atoms with van der Waals surface area (Å²) >= 11 is 0. The molecule has 0 aromatic heterocycles. The fourth-order valence-electron chi connectivity index (χ4n) is 2.73. The molecule has 184 valence electrons. The molecule has 0 aromatic carbocycles. The van der Waals surface area contributed by atoms with Crippen molar-refractivity contribution >= 4 is 22.1 Å². The van der Waals surface area contributed by atoms with Crippen LogP contribution in [-0.2, 0) is 23.9 Å². The molecule has 0 aliphatic heterocycles. The van der Waals surface area contributed by atoms with Crippen molar-refractivity contribution < 1.29 is 122 Å². The molecule has 0 heterocycles. The van der Waals surface area contributed by atoms with Crippen LogP contribution in [0, 0.1) is 5.92 Å². The molecule has 0 saturated carbocycles. The van der Waals surface area contributed by atoms with Crippen LogP contribution < -0.4 is 69.3 Å². The van der Waals surface area contributed by atoms with Crippen molar-refractivity contribution in [2.75, 3.05) is 6.61 Å². The maximum atomic E-state index is 13.4. The summed E-state index contributed by atoms with van der Waals surface area (Å²) in [6.45, 7) is 0.114. The Morgan fingerprint density at radius 2 is 1.45 bits per heavy atom. The molecule has 7 nitrogen and oxygen atoms in total. The molecule has 0 aromatic rings. The van der Waals surface area contributed by atoms with Crippen LogP contribution in [0.15, 0.2) is 0 Å². The summed E-state index contributed by atoms with van der Waals surface area (Å²) in [7, 11) is -6.01. The number of halogens is 7. The van der Waals surface area contributed by atoms with E-state index in [1.165, 1.54) is 6.92 Å². The number of carboxylic acid groups (broad SMARTS) is 2. The fourth-order valence-corrected chi connectivity index (χ4v) is 4.19. The Hall–Kier alpha value is 0.360. The van der Waals surface area contributed by atoms with Gasteiger partial charge in [-0.25, -0.2) is 0 Å². The van der Waals surface area contributed by atoms with Crippen LogP contribution in [0.5, 0.6) is 0 Å². The van der Waals surface area contributed by atoms with Gasteiger partial charge in [0.15, 0.2) is 0 Å². The normalized spacial score (nSPS) is 15.5. The van der Waals surface area contributed by atoms with E-state index >= 15 is 0 Å². The second-order valence-corrected chi connectivity index (χ2v) is 8.87. The summed E-state index contributed by atoms with van der Waals surface area (Å²) in [5.41, 5.74) is 0. The van der Waals surface area contributed by atoms with Gasteiger partial charge in [0, 0.05) is 12.4 Å². The number of carbonyl (C=O) groups is 2. The molecule has 0 saturated heterocycles. The number of unbranched alkanes of at least 4 members (excludes halogenated alkanes) is 1. The summed E-state index contributed by atoms with van der Waals surface area (Å²) in [4.78, 5) is 22.6. The summed E-state index contributed by atoms with van der Waals surface area (Å²) in [5, 5.41) is 22.6. The zero-order chi connectivity index (χ0) is 24.9. The number of carbonyl (C=O) groups excluding carboxylic acids is 2. The fraction of sp³-hybridized carbons (Fsp3) is 0.875. The molecule has 0 rings (SSSR count). The first-order chi connectivity index (χ1) is 13.8. The molecule has 2 atom stereocenters. The zero-order valence-electron chi connectivity index (χ0n) is 18.4. The molecule has 0 N–H and O–H groups in total. The summed E-state index contributed by atoms with van der Waals surface area (Å²) < 4.78 is 114. The van der Waals surface area contributed by atoms with Crippen molar-refractivity contribution in [1.29, 1.82) is 0 Å². The molecule has 2 unspecified atom stereocenters. The largest absolute Gasteiger partial charge is 1.00 e. The van der Waals surface area contributed by atoms with E-state index in [0.717, 1.165) is 0 Å². The van der Waals surface area contributed by atoms with Crippen molar-refractivity contribution in [2.45, 2.75) is 75.1 Å². The van der Waals surface area contributed by atoms with Gasteiger partial charge in [0.1, 0.15) is 11.4 Å². The summed E-state index contributed by atoms with van der Waals surface area (Å²) in [6.07, 6.45) is -8.41. The van der Waals surface area contributed by atoms with Crippen LogP contribution in [0.4, 0.5) is 30.7 Å². The number of hydrogen-bond acceptors (Lipinski definition) is 7. The Labute approximate surface area is 230 Å². The van der Waals surface area contributed by atoms with Crippen molar-refractivity contribution in [2.24, 2.45) is 5.92 Å². The molecule has 0 aliphatic rings. The zero-order valence-corrected chi connectivity index (χ0v) is 23.3. The van der Waals surface area contributed by atoms with Gasteiger partial charge < -0.3 is 19.8 Å². The van der Waals surface area contributed by atoms with Crippen LogP contribution in [0.25, 0.3) is 0 Å². The van der Waals surface area contributed by atoms with E-state index in [1.807, 2.05) is 0 Å². The van der Waals surface area contributed by atoms with E-state index in [4.69, 9.17) is 0 Å². The molecule has 0 aliphatic carbocycles. The van der Waals surface area contributed by atoms with Crippen LogP contribution in [-0.4, -0.2) is 49.7 Å². The second-order valence-electron chi connectivity index (χ2n) is 6.94. The molecular formula is C16H21F7Na2O7S. The Bertz CT molecular complexity index is 748. The quantitative estimate of drug-likeness (QED) is 0.124. The number of hydrogen-bond donors (Lipinski definition) is 0. The van der Waals surface area contributed by atoms with Gasteiger partial charge in [-0.15, -0.1) is 0 Å². The number of rotatable bonds is 14. The van der Waals surface area contributed by atoms with Gasteiger partial charge in [-0.1, -0.05) is 39.5 Å². The molecule has 0 fully saturated rings. The minimum absolute atomic E-state index is 0. The molecule has 0 amide bonds. The van der Waals surface area contributed by atoms with E-state index in [1.54, 1.807) is 6.92 Å². The van der Waals surface area contributed by atoms with E-state index < -0.39 is 70.2 Å². The topological polar surface area (TPSA) is 124 Å². The standard InChI is InChI=1S/C16H23F7O7S.2Na/c1-3-5-6-10(4-2)7-13(12(26)27,8-11(24)25)31(28,29)30-9-14(17,18)15(19,20)16(21,22)23;;/h10H,3-9H2,1-2H3,(H,24,25)(H,26,27);;/q;2*+1/p-2. The molecular weight excluding hydrogens is 515 g/mol. The maximum Gasteiger partial charge on any atom is 1.00 e. The SMILES string of the molecule is CCCCC(CC)CC(CC(=O)[O-])(C(=O)[O-])S(=O)(=O)OCC(F)(F)C(F)(F)C(F)(F)F.[Na+].[Na+]. The monoisotopic (exact) mass is 536 g/mol. The minimum atomic E-state index is -6.78. The van der Waals surface area contributed by atoms with E-state index in [-0.39, 0.29) is 72.0 Å². The van der Waals surface area contributed by atoms with E-state index in [2.05, 4.69) is 4.18 Å². The maximum absolute atomic E-state index is 13.4. The van der Waals surface area contributed by atoms with Crippen LogP contribution in [0.1, 0.15) is 52.4 Å². The van der Waals surface area contributed by atoms with Gasteiger partial charge in [-0.3, -0.25) is 4.18 Å². The molecule has 0 spiro atoms. The molecule has 0 radical (unpaired) electrons. The van der Waals surface area contributed by atoms with Gasteiger partial charge in [0.2, 0.25) is 0 Å². The van der Waals surface area contributed by atoms with Gasteiger partial charge in [0.05, 0.1) is 5.97 Å². The first kappa shape index (κ1) is 37.9. The van der Waals surface area contributed by atoms with Gasteiger partial charge >= 0.3 is 77.1 Å². The third-order valence-corrected chi connectivity index (χ3v) is 6.52. The average molecular weight is 536 g/mol. The van der Waals surface area contributed by atoms with Crippen LogP contribution >= 0.6 is 0 Å². The molecule has 33 heavy (non-hydrogen) atoms. The second kappa shape index (κ2) is 14.2. The van der Waals surface area contributed by atoms with Gasteiger partial charge in [-0.05, 0) is 12.3 Å². The van der Waals surface area contributed by atoms with E-state index in [0.29, 0.717) is 12.8 Å². The third kappa shape index (κ3) is 9.39. The van der Waals surface area contributed by atoms with Gasteiger partial charge in [-0.2, -0.15) is 39.2 Å². The predicted octanol–water partition coefficient (Wildman–Crippen LogP) is -4.59. The number of carboxylic acids is 2. The predicted molar refractivity (Wildman–Crippen MR) is 86.1 cm³/mol. The smallest absolute Gasteiger partial charge is 0.550 e. The van der Waals surface area contributed by atoms with Crippen molar-refractivity contribution in [3.8, 4) is 0 Å². The summed E-state index contributed by atoms with van der Waals surface area (Å²) in [5.74, 6) is -18.6. The average Bonchev–Trinajstić information content (AvgIpc) is 2.60. The van der Waals surface area contributed by atoms with Crippen LogP contribution in [0.2, 0.25) is 0 Å². The Morgan fingerprint density at radius 3 is 1.79 bits per heavy atom. The van der Waals surface area contributed by atoms with Gasteiger partial charge in [0.25, 0.3) is 10.1 Å². The van der Waals surface area contributed by atoms with Crippen molar-refractivity contribution in [1.82, 2.24) is 0 Å². The summed E-state index contributed by atoms with van der Waals surface area (Å²) in [6, 6.07) is 0. The third-order valence-electron chi connectivity index (χ3n) is 4.65.